The molecular formula is C15H20BrNO2. The van der Waals surface area contributed by atoms with Gasteiger partial charge >= 0.3 is 0 Å². The minimum Gasteiger partial charge on any atom is -0.396 e. The smallest absolute Gasteiger partial charge is 0.227 e. The third-order valence-corrected chi connectivity index (χ3v) is 4.51. The molecule has 1 aromatic carbocycles. The van der Waals surface area contributed by atoms with Crippen molar-refractivity contribution >= 4 is 27.5 Å². The number of halogens is 1. The summed E-state index contributed by atoms with van der Waals surface area (Å²) >= 11 is 3.47. The molecular weight excluding hydrogens is 306 g/mol. The Kier molecular flexibility index (Phi) is 4.99. The van der Waals surface area contributed by atoms with Crippen LogP contribution in [0.4, 0.5) is 5.69 Å². The molecule has 2 N–H and O–H groups in total. The third kappa shape index (κ3) is 3.80. The molecule has 0 radical (unpaired) electrons. The molecule has 1 saturated carbocycles. The van der Waals surface area contributed by atoms with Gasteiger partial charge < -0.3 is 10.4 Å². The van der Waals surface area contributed by atoms with Crippen molar-refractivity contribution in [2.45, 2.75) is 32.6 Å². The maximum absolute atomic E-state index is 12.2. The maximum Gasteiger partial charge on any atom is 0.227 e. The average Bonchev–Trinajstić information content (AvgIpc) is 2.42. The summed E-state index contributed by atoms with van der Waals surface area (Å²) in [6.45, 7) is 2.27. The molecule has 1 aromatic rings. The number of amides is 1. The van der Waals surface area contributed by atoms with Crippen molar-refractivity contribution in [2.75, 3.05) is 11.9 Å². The van der Waals surface area contributed by atoms with Gasteiger partial charge in [0.15, 0.2) is 0 Å². The van der Waals surface area contributed by atoms with Crippen LogP contribution in [0.2, 0.25) is 0 Å². The largest absolute Gasteiger partial charge is 0.396 e. The first-order valence-electron chi connectivity index (χ1n) is 6.78. The van der Waals surface area contributed by atoms with Gasteiger partial charge in [-0.2, -0.15) is 0 Å². The Hall–Kier alpha value is -0.870. The second-order valence-corrected chi connectivity index (χ2v) is 6.23. The molecule has 104 valence electrons. The molecule has 1 amide bonds. The van der Waals surface area contributed by atoms with Crippen LogP contribution in [0.1, 0.15) is 31.2 Å². The SMILES string of the molecule is Cc1ccc(NC(=O)C2CCC(CO)CC2)c(Br)c1. The van der Waals surface area contributed by atoms with E-state index < -0.39 is 0 Å². The van der Waals surface area contributed by atoms with Crippen LogP contribution in [-0.2, 0) is 4.79 Å². The molecule has 2 rings (SSSR count). The number of hydrogen-bond acceptors (Lipinski definition) is 2. The van der Waals surface area contributed by atoms with Crippen LogP contribution in [0.25, 0.3) is 0 Å². The molecule has 4 heteroatoms. The Bertz CT molecular complexity index is 453. The zero-order chi connectivity index (χ0) is 13.8. The average molecular weight is 326 g/mol. The highest BCUT2D eigenvalue weighted by atomic mass is 79.9. The number of aliphatic hydroxyl groups excluding tert-OH is 1. The summed E-state index contributed by atoms with van der Waals surface area (Å²) < 4.78 is 0.921. The molecule has 3 nitrogen and oxygen atoms in total. The Morgan fingerprint density at radius 3 is 2.63 bits per heavy atom. The fourth-order valence-electron chi connectivity index (χ4n) is 2.56. The van der Waals surface area contributed by atoms with E-state index in [1.54, 1.807) is 0 Å². The fourth-order valence-corrected chi connectivity index (χ4v) is 3.16. The summed E-state index contributed by atoms with van der Waals surface area (Å²) in [5, 5.41) is 12.1. The number of anilines is 1. The van der Waals surface area contributed by atoms with E-state index in [1.807, 2.05) is 25.1 Å². The number of rotatable bonds is 3. The van der Waals surface area contributed by atoms with Gasteiger partial charge in [0.05, 0.1) is 5.69 Å². The molecule has 0 aliphatic heterocycles. The van der Waals surface area contributed by atoms with E-state index in [9.17, 15) is 4.79 Å². The first kappa shape index (κ1) is 14.5. The number of benzene rings is 1. The fraction of sp³-hybridized carbons (Fsp3) is 0.533. The summed E-state index contributed by atoms with van der Waals surface area (Å²) in [4.78, 5) is 12.2. The van der Waals surface area contributed by atoms with Crippen LogP contribution in [0.5, 0.6) is 0 Å². The lowest BCUT2D eigenvalue weighted by molar-refractivity contribution is -0.121. The topological polar surface area (TPSA) is 49.3 Å². The maximum atomic E-state index is 12.2. The van der Waals surface area contributed by atoms with Gasteiger partial charge in [0, 0.05) is 17.0 Å². The first-order chi connectivity index (χ1) is 9.10. The van der Waals surface area contributed by atoms with E-state index >= 15 is 0 Å². The Morgan fingerprint density at radius 1 is 1.37 bits per heavy atom. The lowest BCUT2D eigenvalue weighted by atomic mass is 9.82. The van der Waals surface area contributed by atoms with Crippen molar-refractivity contribution in [1.82, 2.24) is 0 Å². The van der Waals surface area contributed by atoms with E-state index in [1.165, 1.54) is 0 Å². The zero-order valence-corrected chi connectivity index (χ0v) is 12.7. The normalized spacial score (nSPS) is 23.1. The zero-order valence-electron chi connectivity index (χ0n) is 11.2. The summed E-state index contributed by atoms with van der Waals surface area (Å²) in [6, 6.07) is 5.91. The molecule has 0 unspecified atom stereocenters. The van der Waals surface area contributed by atoms with Gasteiger partial charge in [0.1, 0.15) is 0 Å². The van der Waals surface area contributed by atoms with E-state index in [2.05, 4.69) is 21.2 Å². The van der Waals surface area contributed by atoms with Crippen molar-refractivity contribution in [3.05, 3.63) is 28.2 Å². The summed E-state index contributed by atoms with van der Waals surface area (Å²) in [7, 11) is 0. The number of nitrogens with one attached hydrogen (secondary N) is 1. The molecule has 0 heterocycles. The second kappa shape index (κ2) is 6.53. The molecule has 1 fully saturated rings. The number of carbonyl (C=O) groups is 1. The van der Waals surface area contributed by atoms with Crippen molar-refractivity contribution in [3.8, 4) is 0 Å². The molecule has 1 aliphatic carbocycles. The Morgan fingerprint density at radius 2 is 2.05 bits per heavy atom. The van der Waals surface area contributed by atoms with Crippen LogP contribution >= 0.6 is 15.9 Å². The van der Waals surface area contributed by atoms with E-state index in [-0.39, 0.29) is 18.4 Å². The molecule has 0 spiro atoms. The van der Waals surface area contributed by atoms with Gasteiger partial charge in [0.25, 0.3) is 0 Å². The van der Waals surface area contributed by atoms with Gasteiger partial charge in [-0.05, 0) is 72.2 Å². The van der Waals surface area contributed by atoms with Crippen molar-refractivity contribution in [2.24, 2.45) is 11.8 Å². The standard InChI is InChI=1S/C15H20BrNO2/c1-10-2-7-14(13(16)8-10)17-15(19)12-5-3-11(9-18)4-6-12/h2,7-8,11-12,18H,3-6,9H2,1H3,(H,17,19). The van der Waals surface area contributed by atoms with E-state index in [0.717, 1.165) is 41.4 Å². The van der Waals surface area contributed by atoms with Crippen LogP contribution < -0.4 is 5.32 Å². The highest BCUT2D eigenvalue weighted by molar-refractivity contribution is 9.10. The molecule has 0 atom stereocenters. The summed E-state index contributed by atoms with van der Waals surface area (Å²) in [6.07, 6.45) is 3.65. The highest BCUT2D eigenvalue weighted by Gasteiger charge is 2.26. The number of aliphatic hydroxyl groups is 1. The Labute approximate surface area is 122 Å². The van der Waals surface area contributed by atoms with Gasteiger partial charge in [-0.1, -0.05) is 6.07 Å². The van der Waals surface area contributed by atoms with E-state index in [0.29, 0.717) is 5.92 Å². The number of carbonyl (C=O) groups excluding carboxylic acids is 1. The number of hydrogen-bond donors (Lipinski definition) is 2. The van der Waals surface area contributed by atoms with Gasteiger partial charge in [-0.15, -0.1) is 0 Å². The van der Waals surface area contributed by atoms with Gasteiger partial charge in [-0.3, -0.25) is 4.79 Å². The number of aryl methyl sites for hydroxylation is 1. The predicted molar refractivity (Wildman–Crippen MR) is 80.0 cm³/mol. The predicted octanol–water partition coefficient (Wildman–Crippen LogP) is 3.49. The van der Waals surface area contributed by atoms with E-state index in [4.69, 9.17) is 5.11 Å². The molecule has 1 aliphatic rings. The molecule has 19 heavy (non-hydrogen) atoms. The minimum atomic E-state index is 0.0796. The van der Waals surface area contributed by atoms with Crippen LogP contribution in [0.15, 0.2) is 22.7 Å². The lowest BCUT2D eigenvalue weighted by Crippen LogP contribution is -2.28. The molecule has 0 bridgehead atoms. The lowest BCUT2D eigenvalue weighted by Gasteiger charge is -2.26. The summed E-state index contributed by atoms with van der Waals surface area (Å²) in [5.74, 6) is 0.562. The Balaban J connectivity index is 1.94. The quantitative estimate of drug-likeness (QED) is 0.893. The monoisotopic (exact) mass is 325 g/mol. The second-order valence-electron chi connectivity index (χ2n) is 5.37. The first-order valence-corrected chi connectivity index (χ1v) is 7.57. The summed E-state index contributed by atoms with van der Waals surface area (Å²) in [5.41, 5.74) is 1.99. The highest BCUT2D eigenvalue weighted by Crippen LogP contribution is 2.30. The van der Waals surface area contributed by atoms with Gasteiger partial charge in [0.2, 0.25) is 5.91 Å². The van der Waals surface area contributed by atoms with Gasteiger partial charge in [-0.25, -0.2) is 0 Å². The minimum absolute atomic E-state index is 0.0796. The van der Waals surface area contributed by atoms with Crippen LogP contribution in [-0.4, -0.2) is 17.6 Å². The van der Waals surface area contributed by atoms with Crippen LogP contribution in [0.3, 0.4) is 0 Å². The van der Waals surface area contributed by atoms with Crippen molar-refractivity contribution < 1.29 is 9.90 Å². The van der Waals surface area contributed by atoms with Crippen molar-refractivity contribution in [3.63, 3.8) is 0 Å². The third-order valence-electron chi connectivity index (χ3n) is 3.86. The van der Waals surface area contributed by atoms with Crippen molar-refractivity contribution in [1.29, 1.82) is 0 Å². The molecule has 0 aromatic heterocycles. The van der Waals surface area contributed by atoms with Crippen LogP contribution in [0, 0.1) is 18.8 Å². The molecule has 0 saturated heterocycles.